The molecule has 138 valence electrons. The van der Waals surface area contributed by atoms with Crippen LogP contribution in [-0.2, 0) is 13.0 Å². The van der Waals surface area contributed by atoms with E-state index in [2.05, 4.69) is 44.3 Å². The molecule has 1 fully saturated rings. The smallest absolute Gasteiger partial charge is 0.135 e. The first-order valence-electron chi connectivity index (χ1n) is 9.66. The molecule has 5 nitrogen and oxygen atoms in total. The van der Waals surface area contributed by atoms with Gasteiger partial charge in [0.05, 0.1) is 18.8 Å². The molecule has 0 saturated heterocycles. The zero-order valence-corrected chi connectivity index (χ0v) is 15.9. The highest BCUT2D eigenvalue weighted by molar-refractivity contribution is 6.29. The van der Waals surface area contributed by atoms with Crippen LogP contribution in [0.25, 0.3) is 0 Å². The largest absolute Gasteiger partial charge is 0.363 e. The minimum Gasteiger partial charge on any atom is -0.363 e. The van der Waals surface area contributed by atoms with Crippen LogP contribution in [-0.4, -0.2) is 19.7 Å². The summed E-state index contributed by atoms with van der Waals surface area (Å²) in [6, 6.07) is 12.5. The van der Waals surface area contributed by atoms with Gasteiger partial charge in [0.2, 0.25) is 0 Å². The molecule has 1 aromatic carbocycles. The van der Waals surface area contributed by atoms with Crippen molar-refractivity contribution in [3.05, 3.63) is 70.4 Å². The number of halogens is 1. The molecule has 2 heterocycles. The highest BCUT2D eigenvalue weighted by Gasteiger charge is 2.28. The summed E-state index contributed by atoms with van der Waals surface area (Å²) in [5, 5.41) is 8.78. The lowest BCUT2D eigenvalue weighted by molar-refractivity contribution is 0.555. The second-order valence-corrected chi connectivity index (χ2v) is 7.87. The van der Waals surface area contributed by atoms with Gasteiger partial charge in [0.1, 0.15) is 16.8 Å². The van der Waals surface area contributed by atoms with Gasteiger partial charge in [-0.2, -0.15) is 5.10 Å². The molecule has 2 aromatic heterocycles. The van der Waals surface area contributed by atoms with Gasteiger partial charge in [-0.05, 0) is 37.7 Å². The lowest BCUT2D eigenvalue weighted by Crippen LogP contribution is -2.19. The second kappa shape index (κ2) is 6.97. The first-order chi connectivity index (χ1) is 13.3. The third kappa shape index (κ3) is 3.56. The normalized spacial score (nSPS) is 18.9. The monoisotopic (exact) mass is 379 g/mol. The fourth-order valence-electron chi connectivity index (χ4n) is 3.87. The maximum atomic E-state index is 6.23. The van der Waals surface area contributed by atoms with E-state index in [9.17, 15) is 0 Å². The zero-order valence-electron chi connectivity index (χ0n) is 15.1. The average Bonchev–Trinajstić information content (AvgIpc) is 3.45. The Labute approximate surface area is 163 Å². The molecule has 6 heteroatoms. The fourth-order valence-corrected chi connectivity index (χ4v) is 4.06. The summed E-state index contributed by atoms with van der Waals surface area (Å²) in [7, 11) is 0. The van der Waals surface area contributed by atoms with Crippen molar-refractivity contribution < 1.29 is 0 Å². The Balaban J connectivity index is 1.39. The Hall–Kier alpha value is -2.40. The van der Waals surface area contributed by atoms with E-state index in [1.807, 2.05) is 18.3 Å². The van der Waals surface area contributed by atoms with E-state index in [1.165, 1.54) is 29.7 Å². The summed E-state index contributed by atoms with van der Waals surface area (Å²) in [6.45, 7) is 0.814. The number of hydrogen-bond acceptors (Lipinski definition) is 4. The molecule has 1 saturated carbocycles. The molecule has 0 bridgehead atoms. The van der Waals surface area contributed by atoms with Gasteiger partial charge in [-0.25, -0.2) is 9.97 Å². The number of aromatic nitrogens is 4. The summed E-state index contributed by atoms with van der Waals surface area (Å²) in [5.74, 6) is 2.19. The van der Waals surface area contributed by atoms with E-state index < -0.39 is 0 Å². The Morgan fingerprint density at radius 3 is 2.78 bits per heavy atom. The second-order valence-electron chi connectivity index (χ2n) is 7.49. The minimum absolute atomic E-state index is 0.219. The van der Waals surface area contributed by atoms with E-state index >= 15 is 0 Å². The number of anilines is 1. The maximum absolute atomic E-state index is 6.23. The molecule has 2 aliphatic carbocycles. The number of fused-ring (bicyclic) bond motifs is 1. The molecule has 0 amide bonds. The predicted molar refractivity (Wildman–Crippen MR) is 106 cm³/mol. The zero-order chi connectivity index (χ0) is 18.2. The highest BCUT2D eigenvalue weighted by Crippen LogP contribution is 2.39. The average molecular weight is 380 g/mol. The van der Waals surface area contributed by atoms with E-state index in [1.54, 1.807) is 0 Å². The highest BCUT2D eigenvalue weighted by atomic mass is 35.5. The Morgan fingerprint density at radius 2 is 1.96 bits per heavy atom. The van der Waals surface area contributed by atoms with Crippen molar-refractivity contribution in [2.45, 2.75) is 50.6 Å². The molecule has 1 unspecified atom stereocenters. The van der Waals surface area contributed by atoms with Gasteiger partial charge < -0.3 is 5.32 Å². The van der Waals surface area contributed by atoms with Crippen LogP contribution >= 0.6 is 11.6 Å². The van der Waals surface area contributed by atoms with E-state index in [4.69, 9.17) is 16.6 Å². The van der Waals surface area contributed by atoms with Crippen molar-refractivity contribution in [2.75, 3.05) is 5.32 Å². The fraction of sp³-hybridized carbons (Fsp3) is 0.381. The number of rotatable bonds is 5. The van der Waals surface area contributed by atoms with Gasteiger partial charge in [0.15, 0.2) is 0 Å². The van der Waals surface area contributed by atoms with Crippen molar-refractivity contribution >= 4 is 17.4 Å². The molecule has 0 aliphatic heterocycles. The molecular weight excluding hydrogens is 358 g/mol. The molecule has 3 aromatic rings. The standard InChI is InChI=1S/C21H22ClN5/c22-19-11-20(26-21(25-19)15-9-10-15)24-17-7-4-8-18-16(17)12-23-27(18)13-14-5-2-1-3-6-14/h1-3,5-6,11-12,15,17H,4,7-10,13H2,(H,24,25,26). The first kappa shape index (κ1) is 16.8. The molecule has 1 N–H and O–H groups in total. The van der Waals surface area contributed by atoms with E-state index in [-0.39, 0.29) is 6.04 Å². The van der Waals surface area contributed by atoms with E-state index in [0.29, 0.717) is 11.1 Å². The molecule has 27 heavy (non-hydrogen) atoms. The third-order valence-electron chi connectivity index (χ3n) is 5.41. The van der Waals surface area contributed by atoms with Crippen molar-refractivity contribution in [1.82, 2.24) is 19.7 Å². The summed E-state index contributed by atoms with van der Waals surface area (Å²) in [5.41, 5.74) is 3.88. The summed E-state index contributed by atoms with van der Waals surface area (Å²) in [4.78, 5) is 9.09. The molecule has 0 radical (unpaired) electrons. The lowest BCUT2D eigenvalue weighted by atomic mass is 9.93. The van der Waals surface area contributed by atoms with E-state index in [0.717, 1.165) is 37.4 Å². The SMILES string of the molecule is Clc1cc(NC2CCCc3c2cnn3Cc2ccccc2)nc(C2CC2)n1. The van der Waals surface area contributed by atoms with Crippen LogP contribution in [0.5, 0.6) is 0 Å². The van der Waals surface area contributed by atoms with Crippen LogP contribution in [0, 0.1) is 0 Å². The number of hydrogen-bond donors (Lipinski definition) is 1. The Bertz CT molecular complexity index is 948. The van der Waals surface area contributed by atoms with Crippen LogP contribution in [0.1, 0.15) is 60.3 Å². The van der Waals surface area contributed by atoms with Gasteiger partial charge in [-0.15, -0.1) is 0 Å². The maximum Gasteiger partial charge on any atom is 0.135 e. The minimum atomic E-state index is 0.219. The number of benzene rings is 1. The van der Waals surface area contributed by atoms with Gasteiger partial charge in [0, 0.05) is 23.2 Å². The van der Waals surface area contributed by atoms with Crippen LogP contribution in [0.4, 0.5) is 5.82 Å². The molecule has 0 spiro atoms. The van der Waals surface area contributed by atoms with Crippen LogP contribution in [0.3, 0.4) is 0 Å². The van der Waals surface area contributed by atoms with Gasteiger partial charge in [-0.1, -0.05) is 41.9 Å². The van der Waals surface area contributed by atoms with Crippen LogP contribution in [0.2, 0.25) is 5.15 Å². The topological polar surface area (TPSA) is 55.6 Å². The quantitative estimate of drug-likeness (QED) is 0.650. The Kier molecular flexibility index (Phi) is 4.32. The van der Waals surface area contributed by atoms with Crippen molar-refractivity contribution in [1.29, 1.82) is 0 Å². The summed E-state index contributed by atoms with van der Waals surface area (Å²) >= 11 is 6.23. The summed E-state index contributed by atoms with van der Waals surface area (Å²) in [6.07, 6.45) is 7.63. The summed E-state index contributed by atoms with van der Waals surface area (Å²) < 4.78 is 2.14. The molecule has 5 rings (SSSR count). The van der Waals surface area contributed by atoms with Crippen LogP contribution < -0.4 is 5.32 Å². The van der Waals surface area contributed by atoms with Gasteiger partial charge in [0.25, 0.3) is 0 Å². The Morgan fingerprint density at radius 1 is 1.11 bits per heavy atom. The van der Waals surface area contributed by atoms with Crippen molar-refractivity contribution in [2.24, 2.45) is 0 Å². The first-order valence-corrected chi connectivity index (χ1v) is 10.0. The predicted octanol–water partition coefficient (Wildman–Crippen LogP) is 4.74. The van der Waals surface area contributed by atoms with Gasteiger partial charge >= 0.3 is 0 Å². The molecule has 2 aliphatic rings. The number of nitrogens with zero attached hydrogens (tertiary/aromatic N) is 4. The molecule has 1 atom stereocenters. The number of nitrogens with one attached hydrogen (secondary N) is 1. The lowest BCUT2D eigenvalue weighted by Gasteiger charge is -2.25. The van der Waals surface area contributed by atoms with Gasteiger partial charge in [-0.3, -0.25) is 4.68 Å². The molecular formula is C21H22ClN5. The van der Waals surface area contributed by atoms with Crippen LogP contribution in [0.15, 0.2) is 42.6 Å². The van der Waals surface area contributed by atoms with Crippen molar-refractivity contribution in [3.8, 4) is 0 Å². The van der Waals surface area contributed by atoms with Crippen molar-refractivity contribution in [3.63, 3.8) is 0 Å². The third-order valence-corrected chi connectivity index (χ3v) is 5.61.